The molecule has 2 aliphatic rings. The second-order valence-electron chi connectivity index (χ2n) is 12.8. The largest absolute Gasteiger partial charge is 0.355 e. The Hall–Kier alpha value is -5.28. The maximum atomic E-state index is 3.75. The zero-order chi connectivity index (χ0) is 29.2. The molecule has 3 heterocycles. The molecule has 2 aliphatic heterocycles. The molecule has 2 nitrogen and oxygen atoms in total. The normalized spacial score (nSPS) is 14.0. The minimum Gasteiger partial charge on any atom is -0.355 e. The van der Waals surface area contributed by atoms with Gasteiger partial charge in [-0.2, -0.15) is 0 Å². The van der Waals surface area contributed by atoms with Crippen LogP contribution < -0.4 is 16.2 Å². The third-order valence-electron chi connectivity index (χ3n) is 10.1. The van der Waals surface area contributed by atoms with Crippen LogP contribution >= 0.6 is 0 Å². The van der Waals surface area contributed by atoms with Gasteiger partial charge < -0.3 is 9.88 Å². The molecule has 0 fully saturated rings. The summed E-state index contributed by atoms with van der Waals surface area (Å²) in [4.78, 5) is 0. The van der Waals surface area contributed by atoms with Crippen molar-refractivity contribution in [3.05, 3.63) is 139 Å². The molecule has 0 amide bonds. The van der Waals surface area contributed by atoms with Gasteiger partial charge in [0.15, 0.2) is 7.28 Å². The topological polar surface area (TPSA) is 17.0 Å². The molecule has 0 atom stereocenters. The predicted octanol–water partition coefficient (Wildman–Crippen LogP) is 9.11. The number of aromatic nitrogens is 1. The highest BCUT2D eigenvalue weighted by Crippen LogP contribution is 2.52. The molecule has 1 N–H and O–H groups in total. The van der Waals surface area contributed by atoms with Gasteiger partial charge in [0.05, 0.1) is 5.52 Å². The van der Waals surface area contributed by atoms with E-state index in [9.17, 15) is 0 Å². The van der Waals surface area contributed by atoms with E-state index in [2.05, 4.69) is 158 Å². The van der Waals surface area contributed by atoms with Crippen molar-refractivity contribution >= 4 is 72.9 Å². The van der Waals surface area contributed by atoms with Crippen molar-refractivity contribution in [3.63, 3.8) is 0 Å². The third-order valence-corrected chi connectivity index (χ3v) is 10.1. The van der Waals surface area contributed by atoms with Gasteiger partial charge in [-0.25, -0.2) is 0 Å². The fraction of sp³-hybridized carbons (Fsp3) is 0.0732. The maximum absolute atomic E-state index is 3.75. The summed E-state index contributed by atoms with van der Waals surface area (Å²) in [7, 11) is 2.46. The molecule has 8 aromatic rings. The van der Waals surface area contributed by atoms with Crippen LogP contribution in [0.3, 0.4) is 0 Å². The monoisotopic (exact) mass is 559 g/mol. The van der Waals surface area contributed by atoms with E-state index in [1.807, 2.05) is 0 Å². The van der Waals surface area contributed by atoms with Gasteiger partial charge in [-0.3, -0.25) is 0 Å². The van der Waals surface area contributed by atoms with Crippen LogP contribution in [0.2, 0.25) is 0 Å². The Bertz CT molecular complexity index is 2520. The SMILES string of the molecule is CC1(C)c2cccc3c2-n2c4c1cc1ccccc1c4c1c4ccccc4c(-c4ccccc4Nc4ccccc4)c(c12)[B]3. The predicted molar refractivity (Wildman–Crippen MR) is 188 cm³/mol. The van der Waals surface area contributed by atoms with E-state index in [1.165, 1.54) is 82.2 Å². The summed E-state index contributed by atoms with van der Waals surface area (Å²) < 4.78 is 2.63. The van der Waals surface area contributed by atoms with E-state index < -0.39 is 0 Å². The van der Waals surface area contributed by atoms with Crippen molar-refractivity contribution in [1.29, 1.82) is 0 Å². The Balaban J connectivity index is 1.45. The maximum Gasteiger partial charge on any atom is 0.197 e. The van der Waals surface area contributed by atoms with E-state index in [0.29, 0.717) is 0 Å². The highest BCUT2D eigenvalue weighted by Gasteiger charge is 2.40. The summed E-state index contributed by atoms with van der Waals surface area (Å²) in [6.07, 6.45) is 0. The first kappa shape index (κ1) is 24.2. The molecule has 0 bridgehead atoms. The van der Waals surface area contributed by atoms with Crippen molar-refractivity contribution in [2.24, 2.45) is 0 Å². The summed E-state index contributed by atoms with van der Waals surface area (Å²) >= 11 is 0. The smallest absolute Gasteiger partial charge is 0.197 e. The number of hydrogen-bond acceptors (Lipinski definition) is 1. The molecule has 1 aromatic heterocycles. The van der Waals surface area contributed by atoms with Crippen LogP contribution in [0.25, 0.3) is 60.2 Å². The van der Waals surface area contributed by atoms with Gasteiger partial charge in [0.2, 0.25) is 0 Å². The lowest BCUT2D eigenvalue weighted by Gasteiger charge is -2.38. The molecule has 0 unspecified atom stereocenters. The Morgan fingerprint density at radius 3 is 2.18 bits per heavy atom. The van der Waals surface area contributed by atoms with Crippen LogP contribution in [-0.4, -0.2) is 11.8 Å². The van der Waals surface area contributed by atoms with E-state index >= 15 is 0 Å². The van der Waals surface area contributed by atoms with E-state index in [1.54, 1.807) is 0 Å². The van der Waals surface area contributed by atoms with Crippen molar-refractivity contribution in [3.8, 4) is 16.8 Å². The highest BCUT2D eigenvalue weighted by molar-refractivity contribution is 6.74. The molecule has 0 spiro atoms. The van der Waals surface area contributed by atoms with Crippen LogP contribution in [0.4, 0.5) is 11.4 Å². The second kappa shape index (κ2) is 8.42. The lowest BCUT2D eigenvalue weighted by Crippen LogP contribution is -2.41. The Morgan fingerprint density at radius 1 is 0.614 bits per heavy atom. The van der Waals surface area contributed by atoms with Gasteiger partial charge in [-0.05, 0) is 68.0 Å². The summed E-state index contributed by atoms with van der Waals surface area (Å²) in [6, 6.07) is 46.6. The van der Waals surface area contributed by atoms with Gasteiger partial charge in [-0.1, -0.05) is 122 Å². The van der Waals surface area contributed by atoms with Crippen molar-refractivity contribution in [1.82, 2.24) is 4.57 Å². The lowest BCUT2D eigenvalue weighted by molar-refractivity contribution is 0.632. The summed E-state index contributed by atoms with van der Waals surface area (Å²) in [5.74, 6) is 0. The number of para-hydroxylation sites is 3. The number of nitrogens with one attached hydrogen (secondary N) is 1. The number of hydrogen-bond donors (Lipinski definition) is 1. The molecule has 205 valence electrons. The van der Waals surface area contributed by atoms with Crippen LogP contribution in [0.5, 0.6) is 0 Å². The van der Waals surface area contributed by atoms with Gasteiger partial charge >= 0.3 is 0 Å². The minimum absolute atomic E-state index is 0.131. The van der Waals surface area contributed by atoms with Crippen LogP contribution in [-0.2, 0) is 5.41 Å². The summed E-state index contributed by atoms with van der Waals surface area (Å²) in [5.41, 5.74) is 13.9. The molecule has 7 aromatic carbocycles. The standard InChI is InChI=1S/C41H28BN2/c1-41(2)30-20-12-21-32-38(30)44-39-31(41)23-24-13-6-7-16-26(24)35(39)36-28-18-9-8-17-27(28)34(37(42-32)40(36)44)29-19-10-11-22-33(29)43-25-14-4-3-5-15-25/h3-23,43H,1-2H3. The number of rotatable bonds is 3. The minimum atomic E-state index is -0.131. The second-order valence-corrected chi connectivity index (χ2v) is 12.8. The first-order chi connectivity index (χ1) is 21.6. The average molecular weight is 560 g/mol. The van der Waals surface area contributed by atoms with Crippen LogP contribution in [0.15, 0.2) is 127 Å². The molecule has 3 heteroatoms. The lowest BCUT2D eigenvalue weighted by atomic mass is 9.57. The zero-order valence-corrected chi connectivity index (χ0v) is 24.6. The number of nitrogens with zero attached hydrogens (tertiary/aromatic N) is 1. The van der Waals surface area contributed by atoms with Crippen LogP contribution in [0.1, 0.15) is 25.0 Å². The number of fused-ring (bicyclic) bond motifs is 5. The summed E-state index contributed by atoms with van der Waals surface area (Å²) in [5, 5.41) is 11.7. The Morgan fingerprint density at radius 2 is 1.32 bits per heavy atom. The third kappa shape index (κ3) is 2.97. The molecule has 0 saturated heterocycles. The molecule has 1 radical (unpaired) electrons. The average Bonchev–Trinajstić information content (AvgIpc) is 3.42. The molecule has 10 rings (SSSR count). The van der Waals surface area contributed by atoms with Crippen molar-refractivity contribution < 1.29 is 0 Å². The van der Waals surface area contributed by atoms with E-state index in [0.717, 1.165) is 11.4 Å². The fourth-order valence-corrected chi connectivity index (χ4v) is 8.21. The molecule has 0 saturated carbocycles. The number of anilines is 2. The number of benzene rings is 7. The first-order valence-electron chi connectivity index (χ1n) is 15.5. The Labute approximate surface area is 256 Å². The van der Waals surface area contributed by atoms with Crippen LogP contribution in [0, 0.1) is 0 Å². The summed E-state index contributed by atoms with van der Waals surface area (Å²) in [6.45, 7) is 4.80. The zero-order valence-electron chi connectivity index (χ0n) is 24.6. The van der Waals surface area contributed by atoms with Gasteiger partial charge in [0, 0.05) is 44.3 Å². The van der Waals surface area contributed by atoms with E-state index in [4.69, 9.17) is 0 Å². The first-order valence-corrected chi connectivity index (χ1v) is 15.5. The van der Waals surface area contributed by atoms with E-state index in [-0.39, 0.29) is 5.41 Å². The highest BCUT2D eigenvalue weighted by atomic mass is 15.0. The van der Waals surface area contributed by atoms with Gasteiger partial charge in [-0.15, -0.1) is 0 Å². The van der Waals surface area contributed by atoms with Gasteiger partial charge in [0.1, 0.15) is 0 Å². The Kier molecular flexibility index (Phi) is 4.63. The quantitative estimate of drug-likeness (QED) is 0.214. The van der Waals surface area contributed by atoms with Gasteiger partial charge in [0.25, 0.3) is 0 Å². The van der Waals surface area contributed by atoms with Crippen molar-refractivity contribution in [2.75, 3.05) is 5.32 Å². The van der Waals surface area contributed by atoms with Crippen molar-refractivity contribution in [2.45, 2.75) is 19.3 Å². The molecule has 44 heavy (non-hydrogen) atoms. The fourth-order valence-electron chi connectivity index (χ4n) is 8.21. The molecular weight excluding hydrogens is 531 g/mol. The molecular formula is C41H28BN2. The molecule has 0 aliphatic carbocycles.